The van der Waals surface area contributed by atoms with E-state index in [-0.39, 0.29) is 5.41 Å². The summed E-state index contributed by atoms with van der Waals surface area (Å²) in [6.07, 6.45) is 1.90. The number of aromatic nitrogens is 3. The number of fused-ring (bicyclic) bond motifs is 14. The Morgan fingerprint density at radius 1 is 0.608 bits per heavy atom. The minimum absolute atomic E-state index is 0.230. The lowest BCUT2D eigenvalue weighted by molar-refractivity contribution is 0.483. The highest BCUT2D eigenvalue weighted by Crippen LogP contribution is 2.55. The van der Waals surface area contributed by atoms with Gasteiger partial charge in [-0.15, -0.1) is 11.3 Å². The van der Waals surface area contributed by atoms with Gasteiger partial charge in [-0.25, -0.2) is 9.97 Å². The fourth-order valence-electron chi connectivity index (χ4n) is 8.24. The number of pyridine rings is 2. The molecule has 1 aliphatic heterocycles. The van der Waals surface area contributed by atoms with Crippen molar-refractivity contribution < 1.29 is 4.74 Å². The van der Waals surface area contributed by atoms with Crippen molar-refractivity contribution >= 4 is 87.1 Å². The molecule has 0 fully saturated rings. The van der Waals surface area contributed by atoms with Crippen molar-refractivity contribution in [1.82, 2.24) is 14.4 Å². The molecule has 0 amide bonds. The fraction of sp³-hybridized carbons (Fsp3) is 0.0667. The first-order valence-corrected chi connectivity index (χ1v) is 18.1. The Labute approximate surface area is 297 Å². The van der Waals surface area contributed by atoms with Crippen LogP contribution in [-0.2, 0) is 5.41 Å². The first-order valence-electron chi connectivity index (χ1n) is 17.2. The van der Waals surface area contributed by atoms with Crippen molar-refractivity contribution in [3.63, 3.8) is 0 Å². The van der Waals surface area contributed by atoms with Crippen LogP contribution in [-0.4, -0.2) is 14.4 Å². The Morgan fingerprint density at radius 3 is 2.31 bits per heavy atom. The lowest BCUT2D eigenvalue weighted by atomic mass is 9.74. The van der Waals surface area contributed by atoms with Gasteiger partial charge in [-0.05, 0) is 71.6 Å². The quantitative estimate of drug-likeness (QED) is 0.175. The highest BCUT2D eigenvalue weighted by molar-refractivity contribution is 7.26. The van der Waals surface area contributed by atoms with E-state index in [9.17, 15) is 0 Å². The molecule has 0 spiro atoms. The number of rotatable bonds is 3. The van der Waals surface area contributed by atoms with Gasteiger partial charge >= 0.3 is 0 Å². The molecule has 0 aliphatic carbocycles. The zero-order valence-corrected chi connectivity index (χ0v) is 28.8. The van der Waals surface area contributed by atoms with E-state index >= 15 is 0 Å². The summed E-state index contributed by atoms with van der Waals surface area (Å²) in [5.74, 6) is 2.46. The second-order valence-corrected chi connectivity index (χ2v) is 14.9. The number of anilines is 3. The molecule has 0 unspecified atom stereocenters. The highest BCUT2D eigenvalue weighted by atomic mass is 32.1. The summed E-state index contributed by atoms with van der Waals surface area (Å²) in [7, 11) is 0. The fourth-order valence-corrected chi connectivity index (χ4v) is 9.48. The maximum atomic E-state index is 6.72. The van der Waals surface area contributed by atoms with Crippen molar-refractivity contribution in [1.29, 1.82) is 0 Å². The van der Waals surface area contributed by atoms with Crippen molar-refractivity contribution in [2.45, 2.75) is 19.3 Å². The Hall–Kier alpha value is -6.24. The summed E-state index contributed by atoms with van der Waals surface area (Å²) in [6.45, 7) is 4.62. The summed E-state index contributed by atoms with van der Waals surface area (Å²) >= 11 is 1.85. The summed E-state index contributed by atoms with van der Waals surface area (Å²) in [5, 5.41) is 5.93. The molecule has 242 valence electrons. The average molecular weight is 675 g/mol. The van der Waals surface area contributed by atoms with Crippen LogP contribution in [0.1, 0.15) is 25.0 Å². The van der Waals surface area contributed by atoms with Gasteiger partial charge in [0.05, 0.1) is 32.6 Å². The zero-order valence-electron chi connectivity index (χ0n) is 28.0. The van der Waals surface area contributed by atoms with Crippen LogP contribution in [0, 0.1) is 0 Å². The van der Waals surface area contributed by atoms with E-state index in [0.29, 0.717) is 0 Å². The lowest BCUT2D eigenvalue weighted by Gasteiger charge is -2.41. The third kappa shape index (κ3) is 4.02. The Kier molecular flexibility index (Phi) is 5.82. The monoisotopic (exact) mass is 674 g/mol. The second kappa shape index (κ2) is 10.4. The van der Waals surface area contributed by atoms with E-state index < -0.39 is 0 Å². The second-order valence-electron chi connectivity index (χ2n) is 13.9. The van der Waals surface area contributed by atoms with E-state index in [0.717, 1.165) is 56.0 Å². The van der Waals surface area contributed by atoms with Crippen molar-refractivity contribution in [2.75, 3.05) is 4.90 Å². The molecule has 5 nitrogen and oxygen atoms in total. The van der Waals surface area contributed by atoms with E-state index in [1.54, 1.807) is 0 Å². The van der Waals surface area contributed by atoms with Crippen LogP contribution in [0.25, 0.3) is 58.5 Å². The summed E-state index contributed by atoms with van der Waals surface area (Å²) in [6, 6.07) is 49.2. The third-order valence-electron chi connectivity index (χ3n) is 10.6. The molecule has 1 aliphatic rings. The number of benzene rings is 6. The highest BCUT2D eigenvalue weighted by Gasteiger charge is 2.39. The molecule has 0 bridgehead atoms. The van der Waals surface area contributed by atoms with Gasteiger partial charge in [-0.1, -0.05) is 86.6 Å². The van der Waals surface area contributed by atoms with Gasteiger partial charge in [0.25, 0.3) is 0 Å². The topological polar surface area (TPSA) is 42.7 Å². The smallest absolute Gasteiger partial charge is 0.146 e. The molecule has 0 radical (unpaired) electrons. The predicted octanol–water partition coefficient (Wildman–Crippen LogP) is 12.5. The molecule has 0 atom stereocenters. The van der Waals surface area contributed by atoms with E-state index in [1.807, 2.05) is 35.7 Å². The number of hydrogen-bond acceptors (Lipinski definition) is 5. The molecular weight excluding hydrogens is 645 g/mol. The van der Waals surface area contributed by atoms with Crippen molar-refractivity contribution in [3.05, 3.63) is 157 Å². The average Bonchev–Trinajstić information content (AvgIpc) is 3.75. The van der Waals surface area contributed by atoms with Crippen LogP contribution in [0.5, 0.6) is 11.5 Å². The molecule has 51 heavy (non-hydrogen) atoms. The predicted molar refractivity (Wildman–Crippen MR) is 212 cm³/mol. The van der Waals surface area contributed by atoms with Crippen LogP contribution in [0.2, 0.25) is 0 Å². The molecule has 11 rings (SSSR count). The number of ether oxygens (including phenoxy) is 1. The zero-order chi connectivity index (χ0) is 33.8. The normalized spacial score (nSPS) is 13.8. The number of para-hydroxylation sites is 3. The van der Waals surface area contributed by atoms with Crippen LogP contribution < -0.4 is 9.64 Å². The summed E-state index contributed by atoms with van der Waals surface area (Å²) in [4.78, 5) is 12.5. The molecule has 5 heterocycles. The molecular formula is C45H30N4OS. The Morgan fingerprint density at radius 2 is 1.39 bits per heavy atom. The number of thiophene rings is 1. The molecule has 0 N–H and O–H groups in total. The Bertz CT molecular complexity index is 3060. The van der Waals surface area contributed by atoms with Gasteiger partial charge in [0.15, 0.2) is 0 Å². The van der Waals surface area contributed by atoms with Crippen molar-refractivity contribution in [2.24, 2.45) is 0 Å². The van der Waals surface area contributed by atoms with Crippen LogP contribution >= 0.6 is 11.3 Å². The molecule has 6 aromatic carbocycles. The first-order chi connectivity index (χ1) is 25.0. The van der Waals surface area contributed by atoms with Crippen molar-refractivity contribution in [3.8, 4) is 11.5 Å². The first kappa shape index (κ1) is 28.6. The van der Waals surface area contributed by atoms with Crippen LogP contribution in [0.4, 0.5) is 17.2 Å². The van der Waals surface area contributed by atoms with Crippen LogP contribution in [0.15, 0.2) is 146 Å². The van der Waals surface area contributed by atoms with Gasteiger partial charge in [0.1, 0.15) is 23.0 Å². The Balaban J connectivity index is 1.08. The molecule has 4 aromatic heterocycles. The summed E-state index contributed by atoms with van der Waals surface area (Å²) < 4.78 is 11.5. The maximum Gasteiger partial charge on any atom is 0.146 e. The van der Waals surface area contributed by atoms with Gasteiger partial charge in [0.2, 0.25) is 0 Å². The van der Waals surface area contributed by atoms with Gasteiger partial charge in [-0.3, -0.25) is 9.30 Å². The van der Waals surface area contributed by atoms with Crippen LogP contribution in [0.3, 0.4) is 0 Å². The number of hydrogen-bond donors (Lipinski definition) is 0. The molecule has 0 saturated heterocycles. The van der Waals surface area contributed by atoms with Gasteiger partial charge in [0, 0.05) is 49.5 Å². The standard InChI is InChI=1S/C45H30N4OS/c1-45(2)35-23-22-33-32-14-4-8-19-40(32)51-42(33)41(35)48(44-36(45)15-10-24-46-44)27-11-9-12-28(25-27)50-29-20-21-30-31-13-3-6-17-38(31)49-39-18-7-5-16-37(39)47-43(49)34(30)26-29/h3-26H,1-2H3. The minimum Gasteiger partial charge on any atom is -0.457 e. The SMILES string of the molecule is CC1(C)c2cccnc2N(c2cccc(Oc3ccc4c5ccccc5n5c6ccccc6nc5c4c3)c2)c2c1ccc1c2sc2ccccc21. The van der Waals surface area contributed by atoms with E-state index in [2.05, 4.69) is 144 Å². The largest absolute Gasteiger partial charge is 0.457 e. The van der Waals surface area contributed by atoms with Gasteiger partial charge in [-0.2, -0.15) is 0 Å². The molecule has 0 saturated carbocycles. The lowest BCUT2D eigenvalue weighted by Crippen LogP contribution is -2.31. The third-order valence-corrected chi connectivity index (χ3v) is 11.8. The minimum atomic E-state index is -0.230. The molecule has 10 aromatic rings. The maximum absolute atomic E-state index is 6.72. The number of nitrogens with zero attached hydrogens (tertiary/aromatic N) is 4. The van der Waals surface area contributed by atoms with E-state index in [4.69, 9.17) is 14.7 Å². The molecule has 6 heteroatoms. The number of imidazole rings is 1. The summed E-state index contributed by atoms with van der Waals surface area (Å²) in [5.41, 5.74) is 8.57. The van der Waals surface area contributed by atoms with Gasteiger partial charge < -0.3 is 4.74 Å². The van der Waals surface area contributed by atoms with E-state index in [1.165, 1.54) is 42.4 Å².